The molecule has 1 aromatic heterocycles. The van der Waals surface area contributed by atoms with Crippen LogP contribution in [0, 0.1) is 11.3 Å². The molecule has 0 saturated carbocycles. The molecule has 0 saturated heterocycles. The molecular weight excluding hydrogens is 620 g/mol. The number of fused-ring (bicyclic) bond motifs is 1. The second-order valence-electron chi connectivity index (χ2n) is 7.10. The van der Waals surface area contributed by atoms with Crippen LogP contribution in [-0.2, 0) is 0 Å². The molecule has 3 aromatic rings. The van der Waals surface area contributed by atoms with E-state index in [1.54, 1.807) is 18.3 Å². The Morgan fingerprint density at radius 2 is 1.97 bits per heavy atom. The summed E-state index contributed by atoms with van der Waals surface area (Å²) in [6, 6.07) is 9.13. The molecule has 3 rings (SSSR count). The molecule has 172 valence electrons. The van der Waals surface area contributed by atoms with Crippen molar-refractivity contribution in [3.8, 4) is 17.6 Å². The van der Waals surface area contributed by atoms with Crippen LogP contribution in [0.2, 0.25) is 0 Å². The van der Waals surface area contributed by atoms with Gasteiger partial charge in [0.25, 0.3) is 5.56 Å². The Balaban J connectivity index is 2.18. The minimum Gasteiger partial charge on any atom is -0.490 e. The molecule has 0 amide bonds. The summed E-state index contributed by atoms with van der Waals surface area (Å²) in [5, 5.41) is 13.9. The Morgan fingerprint density at radius 3 is 2.64 bits per heavy atom. The molecule has 0 N–H and O–H groups in total. The van der Waals surface area contributed by atoms with Crippen molar-refractivity contribution >= 4 is 64.9 Å². The number of halogens is 3. The van der Waals surface area contributed by atoms with E-state index in [-0.39, 0.29) is 18.1 Å². The minimum absolute atomic E-state index is 0.0267. The van der Waals surface area contributed by atoms with E-state index in [0.717, 1.165) is 10.9 Å². The molecule has 0 unspecified atom stereocenters. The lowest BCUT2D eigenvalue weighted by molar-refractivity contribution is 0.297. The Morgan fingerprint density at radius 1 is 1.21 bits per heavy atom. The maximum absolute atomic E-state index is 13.3. The molecule has 1 atom stereocenters. The van der Waals surface area contributed by atoms with E-state index in [2.05, 4.69) is 52.9 Å². The topological polar surface area (TPSA) is 89.5 Å². The second-order valence-corrected chi connectivity index (χ2v) is 9.60. The fourth-order valence-corrected chi connectivity index (χ4v) is 4.40. The molecule has 0 fully saturated rings. The molecule has 0 aliphatic rings. The summed E-state index contributed by atoms with van der Waals surface area (Å²) in [4.78, 5) is 18.1. The lowest BCUT2D eigenvalue weighted by atomic mass is 10.1. The van der Waals surface area contributed by atoms with Gasteiger partial charge in [-0.1, -0.05) is 29.8 Å². The quantitative estimate of drug-likeness (QED) is 0.267. The Bertz CT molecular complexity index is 1320. The molecule has 2 aromatic carbocycles. The Hall–Kier alpha value is -2.22. The second kappa shape index (κ2) is 11.3. The maximum Gasteiger partial charge on any atom is 0.282 e. The first-order chi connectivity index (χ1) is 15.8. The Labute approximate surface area is 216 Å². The monoisotopic (exact) mass is 638 g/mol. The summed E-state index contributed by atoms with van der Waals surface area (Å²) >= 11 is 10.5. The molecule has 33 heavy (non-hydrogen) atoms. The van der Waals surface area contributed by atoms with Crippen molar-refractivity contribution in [2.24, 2.45) is 5.10 Å². The smallest absolute Gasteiger partial charge is 0.282 e. The summed E-state index contributed by atoms with van der Waals surface area (Å²) in [5.74, 6) is 1.48. The number of aromatic nitrogens is 2. The zero-order valence-electron chi connectivity index (χ0n) is 18.2. The van der Waals surface area contributed by atoms with Gasteiger partial charge in [-0.2, -0.15) is 15.0 Å². The zero-order valence-corrected chi connectivity index (χ0v) is 23.0. The van der Waals surface area contributed by atoms with Crippen LogP contribution in [0.5, 0.6) is 11.5 Å². The first kappa shape index (κ1) is 25.4. The number of nitrogens with zero attached hydrogens (tertiary/aromatic N) is 4. The van der Waals surface area contributed by atoms with Crippen LogP contribution in [0.1, 0.15) is 44.5 Å². The summed E-state index contributed by atoms with van der Waals surface area (Å²) in [5.41, 5.74) is 1.04. The summed E-state index contributed by atoms with van der Waals surface area (Å²) in [7, 11) is 0. The average molecular weight is 641 g/mol. The van der Waals surface area contributed by atoms with Crippen molar-refractivity contribution in [1.29, 1.82) is 5.26 Å². The van der Waals surface area contributed by atoms with E-state index >= 15 is 0 Å². The number of rotatable bonds is 8. The van der Waals surface area contributed by atoms with Gasteiger partial charge in [0.1, 0.15) is 11.9 Å². The maximum atomic E-state index is 13.3. The van der Waals surface area contributed by atoms with Crippen LogP contribution >= 0.6 is 47.8 Å². The van der Waals surface area contributed by atoms with Crippen molar-refractivity contribution in [2.45, 2.75) is 33.1 Å². The first-order valence-electron chi connectivity index (χ1n) is 10.2. The molecule has 0 spiro atoms. The third-order valence-electron chi connectivity index (χ3n) is 4.94. The zero-order chi connectivity index (χ0) is 24.1. The van der Waals surface area contributed by atoms with Crippen molar-refractivity contribution in [3.05, 3.63) is 59.4 Å². The number of benzene rings is 2. The van der Waals surface area contributed by atoms with Crippen LogP contribution in [0.3, 0.4) is 0 Å². The van der Waals surface area contributed by atoms with Crippen molar-refractivity contribution in [1.82, 2.24) is 9.66 Å². The molecule has 0 radical (unpaired) electrons. The van der Waals surface area contributed by atoms with Gasteiger partial charge in [0, 0.05) is 20.4 Å². The molecule has 10 heteroatoms. The van der Waals surface area contributed by atoms with Crippen LogP contribution < -0.4 is 15.0 Å². The SMILES string of the molecule is CCOc1cc(C=Nn2c([C@H](C)CC)nc3ccc(Br)cc3c2=O)c(Br)c(Br)c1OCC#N. The van der Waals surface area contributed by atoms with Crippen LogP contribution in [0.4, 0.5) is 0 Å². The van der Waals surface area contributed by atoms with Crippen LogP contribution in [0.25, 0.3) is 10.9 Å². The number of ether oxygens (including phenoxy) is 2. The van der Waals surface area contributed by atoms with Crippen molar-refractivity contribution in [2.75, 3.05) is 13.2 Å². The lowest BCUT2D eigenvalue weighted by Crippen LogP contribution is -2.23. The number of nitriles is 1. The first-order valence-corrected chi connectivity index (χ1v) is 12.6. The standard InChI is InChI=1S/C23H21Br3N4O3/c1-4-13(3)22-29-17-7-6-15(24)11-16(17)23(31)30(22)28-12-14-10-18(32-5-2)21(33-9-8-27)20(26)19(14)25/h6-7,10-13H,4-5,9H2,1-3H3/t13-/m1/s1. The highest BCUT2D eigenvalue weighted by atomic mass is 79.9. The molecule has 7 nitrogen and oxygen atoms in total. The number of hydrogen-bond donors (Lipinski definition) is 0. The largest absolute Gasteiger partial charge is 0.490 e. The highest BCUT2D eigenvalue weighted by Gasteiger charge is 2.18. The van der Waals surface area contributed by atoms with Gasteiger partial charge in [-0.05, 0) is 69.5 Å². The third-order valence-corrected chi connectivity index (χ3v) is 7.57. The average Bonchev–Trinajstić information content (AvgIpc) is 2.81. The van der Waals surface area contributed by atoms with Gasteiger partial charge >= 0.3 is 0 Å². The minimum atomic E-state index is -0.248. The van der Waals surface area contributed by atoms with Crippen LogP contribution in [-0.4, -0.2) is 29.1 Å². The van der Waals surface area contributed by atoms with E-state index in [0.29, 0.717) is 49.3 Å². The molecule has 0 aliphatic carbocycles. The highest BCUT2D eigenvalue weighted by molar-refractivity contribution is 9.13. The van der Waals surface area contributed by atoms with Gasteiger partial charge in [-0.3, -0.25) is 4.79 Å². The van der Waals surface area contributed by atoms with Crippen LogP contribution in [0.15, 0.2) is 47.6 Å². The Kier molecular flexibility index (Phi) is 8.68. The van der Waals surface area contributed by atoms with Gasteiger partial charge in [-0.25, -0.2) is 4.98 Å². The highest BCUT2D eigenvalue weighted by Crippen LogP contribution is 2.42. The van der Waals surface area contributed by atoms with Crippen molar-refractivity contribution < 1.29 is 9.47 Å². The lowest BCUT2D eigenvalue weighted by Gasteiger charge is -2.16. The molecule has 1 heterocycles. The predicted octanol–water partition coefficient (Wildman–Crippen LogP) is 6.38. The molecule has 0 bridgehead atoms. The van der Waals surface area contributed by atoms with Crippen molar-refractivity contribution in [3.63, 3.8) is 0 Å². The number of hydrogen-bond acceptors (Lipinski definition) is 6. The van der Waals surface area contributed by atoms with Gasteiger partial charge < -0.3 is 9.47 Å². The third kappa shape index (κ3) is 5.48. The van der Waals surface area contributed by atoms with Gasteiger partial charge in [0.05, 0.1) is 28.2 Å². The van der Waals surface area contributed by atoms with Gasteiger partial charge in [0.2, 0.25) is 0 Å². The van der Waals surface area contributed by atoms with E-state index in [1.807, 2.05) is 39.0 Å². The molecular formula is C23H21Br3N4O3. The van der Waals surface area contributed by atoms with E-state index in [9.17, 15) is 4.79 Å². The van der Waals surface area contributed by atoms with E-state index < -0.39 is 0 Å². The van der Waals surface area contributed by atoms with E-state index in [1.165, 1.54) is 4.68 Å². The summed E-state index contributed by atoms with van der Waals surface area (Å²) in [6.07, 6.45) is 2.38. The fraction of sp³-hybridized carbons (Fsp3) is 0.304. The summed E-state index contributed by atoms with van der Waals surface area (Å²) in [6.45, 7) is 6.20. The van der Waals surface area contributed by atoms with Gasteiger partial charge in [0.15, 0.2) is 18.1 Å². The molecule has 0 aliphatic heterocycles. The predicted molar refractivity (Wildman–Crippen MR) is 140 cm³/mol. The normalized spacial score (nSPS) is 12.2. The summed E-state index contributed by atoms with van der Waals surface area (Å²) < 4.78 is 14.6. The fourth-order valence-electron chi connectivity index (χ4n) is 3.10. The van der Waals surface area contributed by atoms with E-state index in [4.69, 9.17) is 19.7 Å². The van der Waals surface area contributed by atoms with Gasteiger partial charge in [-0.15, -0.1) is 0 Å².